The van der Waals surface area contributed by atoms with Gasteiger partial charge in [0.2, 0.25) is 0 Å². The van der Waals surface area contributed by atoms with Crippen LogP contribution >= 0.6 is 0 Å². The zero-order valence-corrected chi connectivity index (χ0v) is 32.7. The summed E-state index contributed by atoms with van der Waals surface area (Å²) in [6.07, 6.45) is -12.8. The zero-order valence-electron chi connectivity index (χ0n) is 31.5. The fourth-order valence-corrected chi connectivity index (χ4v) is 7.39. The van der Waals surface area contributed by atoms with Crippen LogP contribution in [0.5, 0.6) is 0 Å². The van der Waals surface area contributed by atoms with Crippen molar-refractivity contribution in [3.63, 3.8) is 0 Å². The van der Waals surface area contributed by atoms with Crippen molar-refractivity contribution in [1.29, 1.82) is 0 Å². The molecule has 2 aromatic carbocycles. The van der Waals surface area contributed by atoms with Crippen LogP contribution in [0.2, 0.25) is 0 Å². The van der Waals surface area contributed by atoms with E-state index in [0.717, 1.165) is 50.5 Å². The Balaban J connectivity index is 0.00000146. The number of rotatable bonds is 7. The molecule has 0 unspecified atom stereocenters. The first kappa shape index (κ1) is 51.8. The topological polar surface area (TPSA) is 76.9 Å². The Morgan fingerprint density at radius 3 is 1.07 bits per heavy atom. The maximum Gasteiger partial charge on any atom is 0.417 e. The van der Waals surface area contributed by atoms with Gasteiger partial charge in [-0.3, -0.25) is 19.8 Å². The molecule has 2 atom stereocenters. The van der Waals surface area contributed by atoms with Gasteiger partial charge in [-0.2, -0.15) is 52.7 Å². The molecule has 329 valence electrons. The van der Waals surface area contributed by atoms with E-state index in [0.29, 0.717) is 60.9 Å². The number of alkyl halides is 12. The summed E-state index contributed by atoms with van der Waals surface area (Å²) in [5.74, 6) is 0. The van der Waals surface area contributed by atoms with Gasteiger partial charge in [-0.15, -0.1) is 0 Å². The van der Waals surface area contributed by atoms with Crippen LogP contribution in [-0.2, 0) is 54.9 Å². The molecule has 0 saturated carbocycles. The second-order valence-corrected chi connectivity index (χ2v) is 13.4. The van der Waals surface area contributed by atoms with Gasteiger partial charge in [-0.1, -0.05) is 45.5 Å². The summed E-state index contributed by atoms with van der Waals surface area (Å²) in [7, 11) is 0. The quantitative estimate of drug-likeness (QED) is 0.105. The SMILES string of the molecule is C.CC=[N-].CC=[N-].FC(F)(F)c1cccc(C(F)(F)F)c1-c1ccc(CN2CCC[C@@H]2[C@H]2CCCN2Cc2ccc(-c3c(C(F)(F)F)cccc3C(F)(F)F)cn2)nc1.[Mn]. The van der Waals surface area contributed by atoms with E-state index in [9.17, 15) is 52.7 Å². The number of likely N-dealkylation sites (tertiary alicyclic amines) is 2. The molecule has 4 aromatic rings. The molecule has 19 heteroatoms. The maximum atomic E-state index is 13.7. The third-order valence-corrected chi connectivity index (χ3v) is 9.58. The molecule has 2 saturated heterocycles. The number of hydrogen-bond donors (Lipinski definition) is 0. The Morgan fingerprint density at radius 1 is 0.550 bits per heavy atom. The molecular weight excluding hydrogens is 859 g/mol. The van der Waals surface area contributed by atoms with Crippen LogP contribution in [0.25, 0.3) is 33.1 Å². The standard InChI is InChI=1S/C36H30F12N4.2C2H4N.CH4.Mn/c37-33(38,39)25-5-1-6-26(34(40,41)42)31(25)21-11-13-23(49-17-21)19-51-15-3-9-29(51)30-10-4-16-52(30)20-24-14-12-22(18-50-24)32-27(35(43,44)45)7-2-8-28(32)36(46,47)48;2*1-2-3;;/h1-2,5-8,11-14,17-18,29-30H,3-4,9-10,15-16,19-20H2;2*2H,1H3;1H4;/q;2*-1;;/t29-,30-;;;;/m1..../s1. The molecule has 4 heterocycles. The average Bonchev–Trinajstić information content (AvgIpc) is 3.80. The molecule has 0 amide bonds. The molecule has 1 radical (unpaired) electrons. The van der Waals surface area contributed by atoms with Gasteiger partial charge in [0.1, 0.15) is 0 Å². The van der Waals surface area contributed by atoms with E-state index in [4.69, 9.17) is 10.8 Å². The van der Waals surface area contributed by atoms with E-state index in [1.165, 1.54) is 24.3 Å². The van der Waals surface area contributed by atoms with Crippen molar-refractivity contribution in [1.82, 2.24) is 19.8 Å². The van der Waals surface area contributed by atoms with Crippen LogP contribution in [0.1, 0.15) is 80.6 Å². The first-order chi connectivity index (χ1) is 27.1. The van der Waals surface area contributed by atoms with Crippen LogP contribution < -0.4 is 0 Å². The number of halogens is 12. The summed E-state index contributed by atoms with van der Waals surface area (Å²) in [5, 5.41) is 14.9. The number of benzene rings is 2. The minimum absolute atomic E-state index is 0. The molecule has 0 aliphatic carbocycles. The van der Waals surface area contributed by atoms with Crippen molar-refractivity contribution >= 4 is 12.4 Å². The van der Waals surface area contributed by atoms with Crippen LogP contribution in [0.3, 0.4) is 0 Å². The maximum absolute atomic E-state index is 13.7. The summed E-state index contributed by atoms with van der Waals surface area (Å²) >= 11 is 0. The minimum atomic E-state index is -5.03. The van der Waals surface area contributed by atoms with Crippen LogP contribution in [0.4, 0.5) is 52.7 Å². The van der Waals surface area contributed by atoms with Crippen molar-refractivity contribution in [3.05, 3.63) is 118 Å². The smallest absolute Gasteiger partial charge is 0.417 e. The third kappa shape index (κ3) is 12.8. The van der Waals surface area contributed by atoms with Gasteiger partial charge in [-0.25, -0.2) is 12.4 Å². The normalized spacial score (nSPS) is 17.3. The van der Waals surface area contributed by atoms with Gasteiger partial charge in [-0.05, 0) is 75.2 Å². The van der Waals surface area contributed by atoms with Crippen LogP contribution in [-0.4, -0.2) is 57.4 Å². The van der Waals surface area contributed by atoms with Crippen molar-refractivity contribution in [2.45, 2.75) is 96.8 Å². The summed E-state index contributed by atoms with van der Waals surface area (Å²) in [6.45, 7) is 5.02. The van der Waals surface area contributed by atoms with Crippen molar-refractivity contribution < 1.29 is 69.8 Å². The van der Waals surface area contributed by atoms with Gasteiger partial charge >= 0.3 is 24.7 Å². The van der Waals surface area contributed by atoms with Crippen molar-refractivity contribution in [2.75, 3.05) is 13.1 Å². The Morgan fingerprint density at radius 2 is 0.833 bits per heavy atom. The van der Waals surface area contributed by atoms with E-state index in [2.05, 4.69) is 19.8 Å². The summed E-state index contributed by atoms with van der Waals surface area (Å²) in [5.41, 5.74) is -7.39. The van der Waals surface area contributed by atoms with Crippen molar-refractivity contribution in [3.8, 4) is 22.3 Å². The van der Waals surface area contributed by atoms with Gasteiger partial charge in [0.15, 0.2) is 0 Å². The Kier molecular flexibility index (Phi) is 18.5. The fourth-order valence-electron chi connectivity index (χ4n) is 7.39. The predicted octanol–water partition coefficient (Wildman–Crippen LogP) is 12.4. The molecule has 0 bridgehead atoms. The largest absolute Gasteiger partial charge is 0.814 e. The van der Waals surface area contributed by atoms with Crippen LogP contribution in [0.15, 0.2) is 73.1 Å². The van der Waals surface area contributed by atoms with Crippen LogP contribution in [0, 0.1) is 0 Å². The number of nitrogens with zero attached hydrogens (tertiary/aromatic N) is 6. The molecule has 0 N–H and O–H groups in total. The molecule has 6 rings (SSSR count). The third-order valence-electron chi connectivity index (χ3n) is 9.58. The molecule has 2 aliphatic heterocycles. The monoisotopic (exact) mass is 901 g/mol. The van der Waals surface area contributed by atoms with Gasteiger partial charge in [0.05, 0.1) is 33.6 Å². The Hall–Kier alpha value is -4.32. The number of pyridine rings is 2. The predicted molar refractivity (Wildman–Crippen MR) is 203 cm³/mol. The van der Waals surface area contributed by atoms with E-state index < -0.39 is 58.1 Å². The molecular formula is C41H42F12MnN6-2. The second kappa shape index (κ2) is 21.5. The number of hydrogen-bond acceptors (Lipinski definition) is 4. The molecule has 0 spiro atoms. The first-order valence-electron chi connectivity index (χ1n) is 17.9. The molecule has 60 heavy (non-hydrogen) atoms. The van der Waals surface area contributed by atoms with E-state index in [1.54, 1.807) is 13.8 Å². The zero-order chi connectivity index (χ0) is 43.1. The van der Waals surface area contributed by atoms with Gasteiger partial charge < -0.3 is 10.8 Å². The second-order valence-electron chi connectivity index (χ2n) is 13.4. The van der Waals surface area contributed by atoms with Gasteiger partial charge in [0.25, 0.3) is 0 Å². The number of aromatic nitrogens is 2. The fraction of sp³-hybridized carbons (Fsp3) is 0.415. The van der Waals surface area contributed by atoms with E-state index >= 15 is 0 Å². The molecule has 2 aromatic heterocycles. The minimum Gasteiger partial charge on any atom is -0.814 e. The molecule has 6 nitrogen and oxygen atoms in total. The molecule has 2 fully saturated rings. The Bertz CT molecular complexity index is 1770. The first-order valence-corrected chi connectivity index (χ1v) is 17.9. The van der Waals surface area contributed by atoms with E-state index in [-0.39, 0.29) is 60.8 Å². The van der Waals surface area contributed by atoms with Crippen molar-refractivity contribution in [2.24, 2.45) is 0 Å². The summed E-state index contributed by atoms with van der Waals surface area (Å²) in [6, 6.07) is 9.08. The average molecular weight is 902 g/mol. The Labute approximate surface area is 350 Å². The summed E-state index contributed by atoms with van der Waals surface area (Å²) < 4.78 is 165. The molecule has 2 aliphatic rings. The summed E-state index contributed by atoms with van der Waals surface area (Å²) in [4.78, 5) is 12.8. The van der Waals surface area contributed by atoms with Gasteiger partial charge in [0, 0.05) is 76.9 Å². The van der Waals surface area contributed by atoms with E-state index in [1.807, 2.05) is 0 Å².